The largest absolute Gasteiger partial charge is 0.355 e. The Morgan fingerprint density at radius 2 is 1.69 bits per heavy atom. The fraction of sp³-hybridized carbons (Fsp3) is 0.0800. The smallest absolute Gasteiger partial charge is 0.159 e. The normalized spacial score (nSPS) is 10.5. The second-order valence-electron chi connectivity index (χ2n) is 6.88. The van der Waals surface area contributed by atoms with Crippen molar-refractivity contribution in [1.29, 1.82) is 5.26 Å². The summed E-state index contributed by atoms with van der Waals surface area (Å²) in [7, 11) is 0. The molecule has 4 aromatic rings. The number of carbonyl (C=O) groups is 1. The summed E-state index contributed by atoms with van der Waals surface area (Å²) in [5, 5.41) is 13.3. The maximum absolute atomic E-state index is 11.5. The van der Waals surface area contributed by atoms with E-state index < -0.39 is 0 Å². The van der Waals surface area contributed by atoms with Gasteiger partial charge in [0, 0.05) is 28.5 Å². The number of pyridine rings is 1. The van der Waals surface area contributed by atoms with Gasteiger partial charge in [-0.1, -0.05) is 42.5 Å². The number of nitrogens with one attached hydrogen (secondary N) is 1. The van der Waals surface area contributed by atoms with Crippen LogP contribution < -0.4 is 5.32 Å². The number of Topliss-reactive ketones (excluding diaryl/α,β-unsaturated/α-hetero) is 1. The van der Waals surface area contributed by atoms with Crippen molar-refractivity contribution in [2.45, 2.75) is 13.3 Å². The van der Waals surface area contributed by atoms with E-state index in [4.69, 9.17) is 5.26 Å². The molecule has 29 heavy (non-hydrogen) atoms. The van der Waals surface area contributed by atoms with Crippen LogP contribution in [-0.4, -0.2) is 10.8 Å². The Bertz CT molecular complexity index is 1220. The molecule has 0 unspecified atom stereocenters. The lowest BCUT2D eigenvalue weighted by Gasteiger charge is -2.11. The Hall–Kier alpha value is -3.97. The molecule has 4 nitrogen and oxygen atoms in total. The predicted octanol–water partition coefficient (Wildman–Crippen LogP) is 5.91. The van der Waals surface area contributed by atoms with Gasteiger partial charge in [0.15, 0.2) is 5.78 Å². The van der Waals surface area contributed by atoms with Gasteiger partial charge >= 0.3 is 0 Å². The van der Waals surface area contributed by atoms with Crippen LogP contribution in [0, 0.1) is 11.3 Å². The summed E-state index contributed by atoms with van der Waals surface area (Å²) in [6.07, 6.45) is 2.19. The fourth-order valence-electron chi connectivity index (χ4n) is 3.28. The van der Waals surface area contributed by atoms with Crippen LogP contribution in [0.1, 0.15) is 22.8 Å². The highest BCUT2D eigenvalue weighted by atomic mass is 16.1. The van der Waals surface area contributed by atoms with E-state index in [1.54, 1.807) is 13.1 Å². The highest BCUT2D eigenvalue weighted by Gasteiger charge is 2.07. The molecular weight excluding hydrogens is 358 g/mol. The van der Waals surface area contributed by atoms with Crippen LogP contribution >= 0.6 is 0 Å². The molecule has 4 rings (SSSR count). The number of nitriles is 1. The summed E-state index contributed by atoms with van der Waals surface area (Å²) in [5.41, 5.74) is 6.63. The molecule has 3 aromatic carbocycles. The minimum Gasteiger partial charge on any atom is -0.355 e. The molecule has 0 saturated carbocycles. The molecule has 4 heteroatoms. The van der Waals surface area contributed by atoms with Crippen molar-refractivity contribution in [2.24, 2.45) is 0 Å². The van der Waals surface area contributed by atoms with Crippen LogP contribution in [0.5, 0.6) is 0 Å². The molecule has 140 valence electrons. The predicted molar refractivity (Wildman–Crippen MR) is 116 cm³/mol. The molecule has 0 spiro atoms. The molecular formula is C25H19N3O. The average Bonchev–Trinajstić information content (AvgIpc) is 2.75. The van der Waals surface area contributed by atoms with E-state index in [0.717, 1.165) is 39.0 Å². The quantitative estimate of drug-likeness (QED) is 0.439. The number of fused-ring (bicyclic) bond motifs is 1. The first-order chi connectivity index (χ1) is 14.1. The van der Waals surface area contributed by atoms with Gasteiger partial charge in [-0.25, -0.2) is 0 Å². The van der Waals surface area contributed by atoms with E-state index in [-0.39, 0.29) is 5.78 Å². The Labute approximate surface area is 169 Å². The SMILES string of the molecule is CC(=O)c1ccc(-c2ccc3nccc(Nc4ccc(CC#N)cc4)c3c2)cc1. The van der Waals surface area contributed by atoms with E-state index in [0.29, 0.717) is 12.0 Å². The lowest BCUT2D eigenvalue weighted by molar-refractivity contribution is 0.101. The van der Waals surface area contributed by atoms with E-state index in [2.05, 4.69) is 22.4 Å². The third-order valence-corrected chi connectivity index (χ3v) is 4.88. The number of nitrogens with zero attached hydrogens (tertiary/aromatic N) is 2. The van der Waals surface area contributed by atoms with Crippen LogP contribution in [0.2, 0.25) is 0 Å². The Morgan fingerprint density at radius 1 is 0.966 bits per heavy atom. The third-order valence-electron chi connectivity index (χ3n) is 4.88. The molecule has 0 saturated heterocycles. The number of ketones is 1. The van der Waals surface area contributed by atoms with Gasteiger partial charge in [0.25, 0.3) is 0 Å². The number of aromatic nitrogens is 1. The van der Waals surface area contributed by atoms with Crippen LogP contribution in [-0.2, 0) is 6.42 Å². The summed E-state index contributed by atoms with van der Waals surface area (Å²) in [4.78, 5) is 16.0. The van der Waals surface area contributed by atoms with Crippen LogP contribution in [0.4, 0.5) is 11.4 Å². The maximum atomic E-state index is 11.5. The van der Waals surface area contributed by atoms with Crippen molar-refractivity contribution < 1.29 is 4.79 Å². The van der Waals surface area contributed by atoms with E-state index in [1.165, 1.54) is 0 Å². The van der Waals surface area contributed by atoms with Crippen LogP contribution in [0.25, 0.3) is 22.0 Å². The van der Waals surface area contributed by atoms with Crippen LogP contribution in [0.15, 0.2) is 79.0 Å². The zero-order valence-electron chi connectivity index (χ0n) is 16.0. The molecule has 0 bridgehead atoms. The highest BCUT2D eigenvalue weighted by Crippen LogP contribution is 2.30. The molecule has 0 radical (unpaired) electrons. The van der Waals surface area contributed by atoms with E-state index in [1.807, 2.05) is 66.7 Å². The maximum Gasteiger partial charge on any atom is 0.159 e. The van der Waals surface area contributed by atoms with E-state index >= 15 is 0 Å². The van der Waals surface area contributed by atoms with Crippen LogP contribution in [0.3, 0.4) is 0 Å². The van der Waals surface area contributed by atoms with Crippen molar-refractivity contribution >= 4 is 28.1 Å². The summed E-state index contributed by atoms with van der Waals surface area (Å²) >= 11 is 0. The van der Waals surface area contributed by atoms with Gasteiger partial charge in [-0.3, -0.25) is 9.78 Å². The van der Waals surface area contributed by atoms with E-state index in [9.17, 15) is 4.79 Å². The average molecular weight is 377 g/mol. The fourth-order valence-corrected chi connectivity index (χ4v) is 3.28. The summed E-state index contributed by atoms with van der Waals surface area (Å²) in [5.74, 6) is 0.0616. The van der Waals surface area contributed by atoms with Crippen molar-refractivity contribution in [3.05, 3.63) is 90.1 Å². The molecule has 1 N–H and O–H groups in total. The van der Waals surface area contributed by atoms with Crippen molar-refractivity contribution in [2.75, 3.05) is 5.32 Å². The second-order valence-corrected chi connectivity index (χ2v) is 6.88. The molecule has 0 aliphatic heterocycles. The number of carbonyl (C=O) groups excluding carboxylic acids is 1. The molecule has 0 aliphatic rings. The molecule has 1 aromatic heterocycles. The topological polar surface area (TPSA) is 65.8 Å². The molecule has 0 fully saturated rings. The summed E-state index contributed by atoms with van der Waals surface area (Å²) in [6, 6.07) is 25.8. The second kappa shape index (κ2) is 7.95. The zero-order chi connectivity index (χ0) is 20.2. The minimum absolute atomic E-state index is 0.0616. The molecule has 0 atom stereocenters. The zero-order valence-corrected chi connectivity index (χ0v) is 16.0. The monoisotopic (exact) mass is 377 g/mol. The molecule has 0 aliphatic carbocycles. The molecule has 0 amide bonds. The first-order valence-corrected chi connectivity index (χ1v) is 9.37. The Kier molecular flexibility index (Phi) is 5.05. The first kappa shape index (κ1) is 18.4. The Morgan fingerprint density at radius 3 is 2.38 bits per heavy atom. The van der Waals surface area contributed by atoms with Gasteiger partial charge in [-0.05, 0) is 53.9 Å². The Balaban J connectivity index is 1.69. The number of rotatable bonds is 5. The lowest BCUT2D eigenvalue weighted by atomic mass is 10.0. The number of hydrogen-bond donors (Lipinski definition) is 1. The van der Waals surface area contributed by atoms with Gasteiger partial charge in [0.05, 0.1) is 18.0 Å². The van der Waals surface area contributed by atoms with Gasteiger partial charge in [-0.2, -0.15) is 5.26 Å². The van der Waals surface area contributed by atoms with Crippen molar-refractivity contribution in [3.63, 3.8) is 0 Å². The van der Waals surface area contributed by atoms with Crippen molar-refractivity contribution in [1.82, 2.24) is 4.98 Å². The van der Waals surface area contributed by atoms with Gasteiger partial charge in [-0.15, -0.1) is 0 Å². The number of hydrogen-bond acceptors (Lipinski definition) is 4. The summed E-state index contributed by atoms with van der Waals surface area (Å²) in [6.45, 7) is 1.57. The van der Waals surface area contributed by atoms with Gasteiger partial charge in [0.2, 0.25) is 0 Å². The van der Waals surface area contributed by atoms with Crippen molar-refractivity contribution in [3.8, 4) is 17.2 Å². The third kappa shape index (κ3) is 3.99. The van der Waals surface area contributed by atoms with Gasteiger partial charge < -0.3 is 5.32 Å². The lowest BCUT2D eigenvalue weighted by Crippen LogP contribution is -1.94. The standard InChI is InChI=1S/C25H19N3O/c1-17(29)19-4-6-20(7-5-19)21-8-11-24-23(16-21)25(13-15-27-24)28-22-9-2-18(3-10-22)12-14-26/h2-11,13,15-16H,12H2,1H3,(H,27,28). The number of anilines is 2. The van der Waals surface area contributed by atoms with Gasteiger partial charge in [0.1, 0.15) is 0 Å². The summed E-state index contributed by atoms with van der Waals surface area (Å²) < 4.78 is 0. The molecule has 1 heterocycles. The first-order valence-electron chi connectivity index (χ1n) is 9.37. The highest BCUT2D eigenvalue weighted by molar-refractivity contribution is 5.97. The minimum atomic E-state index is 0.0616. The number of benzene rings is 3.